The number of hydrogen-bond donors (Lipinski definition) is 1. The molecule has 1 rings (SSSR count). The van der Waals surface area contributed by atoms with Gasteiger partial charge in [-0.3, -0.25) is 9.69 Å². The van der Waals surface area contributed by atoms with Gasteiger partial charge < -0.3 is 9.84 Å². The lowest BCUT2D eigenvalue weighted by atomic mass is 10.1. The molecule has 1 heterocycles. The first-order valence-electron chi connectivity index (χ1n) is 5.11. The van der Waals surface area contributed by atoms with E-state index in [4.69, 9.17) is 9.84 Å². The molecular weight excluding hydrogens is 182 g/mol. The Morgan fingerprint density at radius 1 is 1.64 bits per heavy atom. The van der Waals surface area contributed by atoms with Crippen LogP contribution in [0.5, 0.6) is 0 Å². The van der Waals surface area contributed by atoms with Crippen LogP contribution in [-0.4, -0.2) is 47.3 Å². The number of carboxylic acids is 1. The van der Waals surface area contributed by atoms with Gasteiger partial charge in [-0.2, -0.15) is 0 Å². The quantitative estimate of drug-likeness (QED) is 0.739. The molecule has 1 saturated heterocycles. The third kappa shape index (κ3) is 2.69. The Labute approximate surface area is 84.8 Å². The molecule has 0 bridgehead atoms. The molecule has 0 spiro atoms. The Balaban J connectivity index is 2.52. The third-order valence-corrected chi connectivity index (χ3v) is 2.97. The van der Waals surface area contributed by atoms with Gasteiger partial charge in [0, 0.05) is 18.6 Å². The lowest BCUT2D eigenvalue weighted by molar-refractivity contribution is -0.140. The largest absolute Gasteiger partial charge is 0.481 e. The number of carboxylic acid groups (broad SMARTS) is 1. The van der Waals surface area contributed by atoms with E-state index in [1.807, 2.05) is 13.8 Å². The minimum Gasteiger partial charge on any atom is -0.481 e. The van der Waals surface area contributed by atoms with Gasteiger partial charge in [-0.05, 0) is 20.8 Å². The van der Waals surface area contributed by atoms with Crippen LogP contribution < -0.4 is 0 Å². The van der Waals surface area contributed by atoms with Crippen LogP contribution in [0.4, 0.5) is 0 Å². The number of hydrogen-bond acceptors (Lipinski definition) is 3. The number of rotatable bonds is 3. The molecule has 1 aliphatic rings. The van der Waals surface area contributed by atoms with E-state index >= 15 is 0 Å². The summed E-state index contributed by atoms with van der Waals surface area (Å²) in [6.07, 6.45) is 0.400. The summed E-state index contributed by atoms with van der Waals surface area (Å²) in [5, 5.41) is 8.71. The number of nitrogens with zero attached hydrogens (tertiary/aromatic N) is 1. The van der Waals surface area contributed by atoms with Gasteiger partial charge in [-0.1, -0.05) is 0 Å². The molecule has 1 aliphatic heterocycles. The maximum atomic E-state index is 10.6. The summed E-state index contributed by atoms with van der Waals surface area (Å²) in [5.74, 6) is -0.733. The highest BCUT2D eigenvalue weighted by molar-refractivity contribution is 5.67. The van der Waals surface area contributed by atoms with Gasteiger partial charge in [-0.15, -0.1) is 0 Å². The van der Waals surface area contributed by atoms with E-state index in [0.717, 1.165) is 6.54 Å². The first-order chi connectivity index (χ1) is 6.52. The Morgan fingerprint density at radius 2 is 2.29 bits per heavy atom. The van der Waals surface area contributed by atoms with Crippen molar-refractivity contribution < 1.29 is 14.6 Å². The maximum Gasteiger partial charge on any atom is 0.304 e. The van der Waals surface area contributed by atoms with Gasteiger partial charge in [-0.25, -0.2) is 0 Å². The van der Waals surface area contributed by atoms with Crippen LogP contribution in [0.1, 0.15) is 27.2 Å². The van der Waals surface area contributed by atoms with Crippen molar-refractivity contribution in [1.29, 1.82) is 0 Å². The van der Waals surface area contributed by atoms with E-state index < -0.39 is 5.97 Å². The summed E-state index contributed by atoms with van der Waals surface area (Å²) in [4.78, 5) is 12.8. The van der Waals surface area contributed by atoms with Crippen molar-refractivity contribution in [3.8, 4) is 0 Å². The van der Waals surface area contributed by atoms with E-state index in [2.05, 4.69) is 11.8 Å². The summed E-state index contributed by atoms with van der Waals surface area (Å²) in [6, 6.07) is 0.395. The van der Waals surface area contributed by atoms with E-state index in [1.54, 1.807) is 0 Å². The van der Waals surface area contributed by atoms with Crippen LogP contribution in [0.2, 0.25) is 0 Å². The lowest BCUT2D eigenvalue weighted by Crippen LogP contribution is -2.52. The Bertz CT molecular complexity index is 208. The predicted octanol–water partition coefficient (Wildman–Crippen LogP) is 0.959. The summed E-state index contributed by atoms with van der Waals surface area (Å²) in [7, 11) is 0. The van der Waals surface area contributed by atoms with Crippen molar-refractivity contribution in [2.75, 3.05) is 13.2 Å². The summed E-state index contributed by atoms with van der Waals surface area (Å²) in [5.41, 5.74) is 0. The number of morpholine rings is 1. The minimum atomic E-state index is -0.733. The summed E-state index contributed by atoms with van der Waals surface area (Å²) in [6.45, 7) is 7.62. The molecule has 1 N–H and O–H groups in total. The zero-order chi connectivity index (χ0) is 10.7. The smallest absolute Gasteiger partial charge is 0.304 e. The average Bonchev–Trinajstić information content (AvgIpc) is 2.08. The lowest BCUT2D eigenvalue weighted by Gasteiger charge is -2.41. The van der Waals surface area contributed by atoms with Gasteiger partial charge in [0.2, 0.25) is 0 Å². The van der Waals surface area contributed by atoms with Gasteiger partial charge in [0.1, 0.15) is 0 Å². The Kier molecular flexibility index (Phi) is 3.89. The molecule has 0 aromatic rings. The highest BCUT2D eigenvalue weighted by atomic mass is 16.5. The SMILES string of the molecule is CC1OCCN(C(C)CC(=O)O)C1C. The molecule has 0 aromatic heterocycles. The van der Waals surface area contributed by atoms with Crippen molar-refractivity contribution in [1.82, 2.24) is 4.90 Å². The van der Waals surface area contributed by atoms with Gasteiger partial charge in [0.15, 0.2) is 0 Å². The van der Waals surface area contributed by atoms with E-state index in [9.17, 15) is 4.79 Å². The van der Waals surface area contributed by atoms with Crippen molar-refractivity contribution in [3.05, 3.63) is 0 Å². The normalized spacial score (nSPS) is 31.4. The number of ether oxygens (including phenoxy) is 1. The molecule has 0 saturated carbocycles. The molecule has 4 heteroatoms. The average molecular weight is 201 g/mol. The Hall–Kier alpha value is -0.610. The van der Waals surface area contributed by atoms with Crippen LogP contribution in [0.15, 0.2) is 0 Å². The topological polar surface area (TPSA) is 49.8 Å². The van der Waals surface area contributed by atoms with Crippen molar-refractivity contribution in [2.45, 2.75) is 45.4 Å². The van der Waals surface area contributed by atoms with Crippen LogP contribution in [0.3, 0.4) is 0 Å². The molecule has 4 nitrogen and oxygen atoms in total. The fraction of sp³-hybridized carbons (Fsp3) is 0.900. The minimum absolute atomic E-state index is 0.0915. The maximum absolute atomic E-state index is 10.6. The van der Waals surface area contributed by atoms with E-state index in [-0.39, 0.29) is 18.6 Å². The molecule has 0 radical (unpaired) electrons. The van der Waals surface area contributed by atoms with Crippen LogP contribution in [-0.2, 0) is 9.53 Å². The molecule has 3 atom stereocenters. The zero-order valence-corrected chi connectivity index (χ0v) is 9.06. The standard InChI is InChI=1S/C10H19NO3/c1-7(6-10(12)13)11-4-5-14-9(3)8(11)2/h7-9H,4-6H2,1-3H3,(H,12,13). The van der Waals surface area contributed by atoms with Gasteiger partial charge in [0.05, 0.1) is 19.1 Å². The van der Waals surface area contributed by atoms with Crippen molar-refractivity contribution in [3.63, 3.8) is 0 Å². The van der Waals surface area contributed by atoms with Crippen LogP contribution in [0.25, 0.3) is 0 Å². The molecular formula is C10H19NO3. The van der Waals surface area contributed by atoms with Crippen LogP contribution in [0, 0.1) is 0 Å². The van der Waals surface area contributed by atoms with E-state index in [0.29, 0.717) is 12.6 Å². The summed E-state index contributed by atoms with van der Waals surface area (Å²) >= 11 is 0. The molecule has 0 aliphatic carbocycles. The van der Waals surface area contributed by atoms with Crippen molar-refractivity contribution in [2.24, 2.45) is 0 Å². The molecule has 14 heavy (non-hydrogen) atoms. The molecule has 0 amide bonds. The third-order valence-electron chi connectivity index (χ3n) is 2.97. The molecule has 1 fully saturated rings. The fourth-order valence-corrected chi connectivity index (χ4v) is 1.95. The second kappa shape index (κ2) is 4.75. The fourth-order valence-electron chi connectivity index (χ4n) is 1.95. The number of aliphatic carboxylic acids is 1. The zero-order valence-electron chi connectivity index (χ0n) is 9.06. The molecule has 0 aromatic carbocycles. The highest BCUT2D eigenvalue weighted by Crippen LogP contribution is 2.17. The van der Waals surface area contributed by atoms with Crippen molar-refractivity contribution >= 4 is 5.97 Å². The predicted molar refractivity (Wildman–Crippen MR) is 53.3 cm³/mol. The molecule has 82 valence electrons. The van der Waals surface area contributed by atoms with Crippen LogP contribution >= 0.6 is 0 Å². The first kappa shape index (κ1) is 11.5. The first-order valence-corrected chi connectivity index (χ1v) is 5.11. The highest BCUT2D eigenvalue weighted by Gasteiger charge is 2.29. The second-order valence-corrected chi connectivity index (χ2v) is 4.00. The molecule has 3 unspecified atom stereocenters. The number of carbonyl (C=O) groups is 1. The second-order valence-electron chi connectivity index (χ2n) is 4.00. The van der Waals surface area contributed by atoms with Gasteiger partial charge in [0.25, 0.3) is 0 Å². The Morgan fingerprint density at radius 3 is 2.86 bits per heavy atom. The summed E-state index contributed by atoms with van der Waals surface area (Å²) < 4.78 is 5.49. The van der Waals surface area contributed by atoms with E-state index in [1.165, 1.54) is 0 Å². The van der Waals surface area contributed by atoms with Gasteiger partial charge >= 0.3 is 5.97 Å². The monoisotopic (exact) mass is 201 g/mol.